The topological polar surface area (TPSA) is 35.2 Å². The van der Waals surface area contributed by atoms with Crippen LogP contribution in [0.4, 0.5) is 0 Å². The van der Waals surface area contributed by atoms with Crippen LogP contribution in [0.25, 0.3) is 0 Å². The molecular weight excluding hydrogens is 138 g/mol. The first-order chi connectivity index (χ1) is 4.91. The van der Waals surface area contributed by atoms with E-state index < -0.39 is 0 Å². The van der Waals surface area contributed by atoms with Crippen LogP contribution in [0.2, 0.25) is 0 Å². The standard InChI is InChI=1S/C9H21NO/c1-7(2)8(10)9(3,4)6-11-5/h7-8H,6,10H2,1-5H3. The van der Waals surface area contributed by atoms with Crippen molar-refractivity contribution in [2.24, 2.45) is 17.1 Å². The molecule has 0 spiro atoms. The Hall–Kier alpha value is -0.0800. The third kappa shape index (κ3) is 3.21. The predicted molar refractivity (Wildman–Crippen MR) is 48.5 cm³/mol. The lowest BCUT2D eigenvalue weighted by Gasteiger charge is -2.33. The minimum absolute atomic E-state index is 0.0862. The van der Waals surface area contributed by atoms with Crippen LogP contribution in [-0.4, -0.2) is 19.8 Å². The third-order valence-corrected chi connectivity index (χ3v) is 2.14. The van der Waals surface area contributed by atoms with E-state index in [2.05, 4.69) is 27.7 Å². The fourth-order valence-corrected chi connectivity index (χ4v) is 1.37. The van der Waals surface area contributed by atoms with Crippen molar-refractivity contribution in [2.45, 2.75) is 33.7 Å². The maximum Gasteiger partial charge on any atom is 0.0528 e. The minimum atomic E-state index is 0.0862. The Kier molecular flexibility index (Phi) is 4.04. The smallest absolute Gasteiger partial charge is 0.0528 e. The van der Waals surface area contributed by atoms with Gasteiger partial charge >= 0.3 is 0 Å². The monoisotopic (exact) mass is 159 g/mol. The van der Waals surface area contributed by atoms with Gasteiger partial charge in [-0.05, 0) is 5.92 Å². The molecule has 0 amide bonds. The molecule has 2 heteroatoms. The van der Waals surface area contributed by atoms with E-state index in [1.165, 1.54) is 0 Å². The first-order valence-electron chi connectivity index (χ1n) is 4.16. The largest absolute Gasteiger partial charge is 0.384 e. The van der Waals surface area contributed by atoms with E-state index in [0.717, 1.165) is 6.61 Å². The van der Waals surface area contributed by atoms with E-state index in [1.807, 2.05) is 0 Å². The molecule has 0 saturated carbocycles. The summed E-state index contributed by atoms with van der Waals surface area (Å²) in [6.45, 7) is 9.29. The molecule has 0 radical (unpaired) electrons. The molecule has 0 rings (SSSR count). The number of nitrogens with two attached hydrogens (primary N) is 1. The van der Waals surface area contributed by atoms with Gasteiger partial charge < -0.3 is 10.5 Å². The Morgan fingerprint density at radius 1 is 1.36 bits per heavy atom. The fourth-order valence-electron chi connectivity index (χ4n) is 1.37. The molecule has 0 aliphatic carbocycles. The van der Waals surface area contributed by atoms with Gasteiger partial charge in [0.15, 0.2) is 0 Å². The molecule has 0 fully saturated rings. The lowest BCUT2D eigenvalue weighted by molar-refractivity contribution is 0.0729. The lowest BCUT2D eigenvalue weighted by Crippen LogP contribution is -2.44. The number of rotatable bonds is 4. The van der Waals surface area contributed by atoms with Crippen LogP contribution in [0.5, 0.6) is 0 Å². The van der Waals surface area contributed by atoms with Crippen molar-refractivity contribution in [1.82, 2.24) is 0 Å². The fraction of sp³-hybridized carbons (Fsp3) is 1.00. The normalized spacial score (nSPS) is 15.5. The molecule has 2 N–H and O–H groups in total. The molecule has 1 atom stereocenters. The second-order valence-electron chi connectivity index (χ2n) is 4.19. The van der Waals surface area contributed by atoms with Crippen molar-refractivity contribution in [3.63, 3.8) is 0 Å². The molecule has 0 aliphatic rings. The van der Waals surface area contributed by atoms with Crippen LogP contribution in [0.3, 0.4) is 0 Å². The Morgan fingerprint density at radius 2 is 1.82 bits per heavy atom. The Bertz CT molecular complexity index is 110. The van der Waals surface area contributed by atoms with Gasteiger partial charge in [0.25, 0.3) is 0 Å². The van der Waals surface area contributed by atoms with Gasteiger partial charge in [-0.15, -0.1) is 0 Å². The zero-order chi connectivity index (χ0) is 9.07. The highest BCUT2D eigenvalue weighted by molar-refractivity contribution is 4.83. The van der Waals surface area contributed by atoms with Crippen molar-refractivity contribution in [1.29, 1.82) is 0 Å². The SMILES string of the molecule is COCC(C)(C)C(N)C(C)C. The molecule has 68 valence electrons. The zero-order valence-corrected chi connectivity index (χ0v) is 8.35. The summed E-state index contributed by atoms with van der Waals surface area (Å²) in [4.78, 5) is 0. The predicted octanol–water partition coefficient (Wildman–Crippen LogP) is 1.64. The summed E-state index contributed by atoms with van der Waals surface area (Å²) in [7, 11) is 1.72. The molecule has 0 aromatic rings. The molecule has 0 bridgehead atoms. The number of hydrogen-bond acceptors (Lipinski definition) is 2. The van der Waals surface area contributed by atoms with Gasteiger partial charge in [0.1, 0.15) is 0 Å². The second-order valence-corrected chi connectivity index (χ2v) is 4.19. The Balaban J connectivity index is 4.05. The van der Waals surface area contributed by atoms with Gasteiger partial charge in [-0.1, -0.05) is 27.7 Å². The van der Waals surface area contributed by atoms with Crippen LogP contribution >= 0.6 is 0 Å². The van der Waals surface area contributed by atoms with E-state index in [1.54, 1.807) is 7.11 Å². The van der Waals surface area contributed by atoms with Gasteiger partial charge in [-0.2, -0.15) is 0 Å². The van der Waals surface area contributed by atoms with E-state index in [4.69, 9.17) is 10.5 Å². The van der Waals surface area contributed by atoms with Crippen LogP contribution < -0.4 is 5.73 Å². The molecule has 0 heterocycles. The summed E-state index contributed by atoms with van der Waals surface area (Å²) in [5.74, 6) is 0.514. The van der Waals surface area contributed by atoms with E-state index in [-0.39, 0.29) is 11.5 Å². The molecule has 0 aromatic carbocycles. The van der Waals surface area contributed by atoms with Gasteiger partial charge in [-0.25, -0.2) is 0 Å². The average molecular weight is 159 g/mol. The first kappa shape index (κ1) is 10.9. The Morgan fingerprint density at radius 3 is 2.09 bits per heavy atom. The van der Waals surface area contributed by atoms with E-state index in [0.29, 0.717) is 5.92 Å². The summed E-state index contributed by atoms with van der Waals surface area (Å²) in [6.07, 6.45) is 0. The Labute approximate surface area is 70.1 Å². The zero-order valence-electron chi connectivity index (χ0n) is 8.35. The van der Waals surface area contributed by atoms with Gasteiger partial charge in [-0.3, -0.25) is 0 Å². The summed E-state index contributed by atoms with van der Waals surface area (Å²) >= 11 is 0. The third-order valence-electron chi connectivity index (χ3n) is 2.14. The molecule has 0 aliphatic heterocycles. The average Bonchev–Trinajstić information content (AvgIpc) is 1.86. The first-order valence-corrected chi connectivity index (χ1v) is 4.16. The summed E-state index contributed by atoms with van der Waals surface area (Å²) < 4.78 is 5.10. The highest BCUT2D eigenvalue weighted by Crippen LogP contribution is 2.24. The number of methoxy groups -OCH3 is 1. The second kappa shape index (κ2) is 4.07. The van der Waals surface area contributed by atoms with Gasteiger partial charge in [0.05, 0.1) is 6.61 Å². The lowest BCUT2D eigenvalue weighted by atomic mass is 9.80. The number of ether oxygens (including phenoxy) is 1. The van der Waals surface area contributed by atoms with E-state index >= 15 is 0 Å². The summed E-state index contributed by atoms with van der Waals surface area (Å²) in [5.41, 5.74) is 6.09. The summed E-state index contributed by atoms with van der Waals surface area (Å²) in [6, 6.07) is 0.211. The summed E-state index contributed by atoms with van der Waals surface area (Å²) in [5, 5.41) is 0. The van der Waals surface area contributed by atoms with Gasteiger partial charge in [0, 0.05) is 18.6 Å². The molecule has 11 heavy (non-hydrogen) atoms. The van der Waals surface area contributed by atoms with Crippen LogP contribution in [0.1, 0.15) is 27.7 Å². The molecule has 0 aromatic heterocycles. The molecule has 2 nitrogen and oxygen atoms in total. The van der Waals surface area contributed by atoms with E-state index in [9.17, 15) is 0 Å². The van der Waals surface area contributed by atoms with Crippen LogP contribution in [0, 0.1) is 11.3 Å². The van der Waals surface area contributed by atoms with Crippen molar-refractivity contribution in [2.75, 3.05) is 13.7 Å². The molecule has 1 unspecified atom stereocenters. The van der Waals surface area contributed by atoms with Crippen molar-refractivity contribution in [3.05, 3.63) is 0 Å². The minimum Gasteiger partial charge on any atom is -0.384 e. The number of hydrogen-bond donors (Lipinski definition) is 1. The van der Waals surface area contributed by atoms with Crippen LogP contribution in [-0.2, 0) is 4.74 Å². The highest BCUT2D eigenvalue weighted by atomic mass is 16.5. The molecular formula is C9H21NO. The maximum atomic E-state index is 6.00. The molecule has 0 saturated heterocycles. The van der Waals surface area contributed by atoms with Crippen molar-refractivity contribution < 1.29 is 4.74 Å². The van der Waals surface area contributed by atoms with Crippen molar-refractivity contribution >= 4 is 0 Å². The highest BCUT2D eigenvalue weighted by Gasteiger charge is 2.28. The van der Waals surface area contributed by atoms with Crippen molar-refractivity contribution in [3.8, 4) is 0 Å². The van der Waals surface area contributed by atoms with Crippen LogP contribution in [0.15, 0.2) is 0 Å². The van der Waals surface area contributed by atoms with Gasteiger partial charge in [0.2, 0.25) is 0 Å². The quantitative estimate of drug-likeness (QED) is 0.677. The maximum absolute atomic E-state index is 6.00.